The average Bonchev–Trinajstić information content (AvgIpc) is 2.41. The Bertz CT molecular complexity index is 404. The number of carbonyl (C=O) groups is 1. The van der Waals surface area contributed by atoms with Crippen LogP contribution in [-0.2, 0) is 0 Å². The third-order valence-corrected chi connectivity index (χ3v) is 2.16. The molecule has 76 valence electrons. The number of aromatic amines is 1. The van der Waals surface area contributed by atoms with Gasteiger partial charge in [-0.15, -0.1) is 0 Å². The molecule has 0 atom stereocenters. The molecule has 0 saturated carbocycles. The van der Waals surface area contributed by atoms with Crippen LogP contribution in [0.3, 0.4) is 0 Å². The van der Waals surface area contributed by atoms with Crippen molar-refractivity contribution in [3.63, 3.8) is 0 Å². The van der Waals surface area contributed by atoms with E-state index in [1.807, 2.05) is 0 Å². The number of aromatic nitrogens is 1. The maximum Gasteiger partial charge on any atom is 0.352 e. The lowest BCUT2D eigenvalue weighted by atomic mass is 10.1. The predicted molar refractivity (Wildman–Crippen MR) is 51.2 cm³/mol. The van der Waals surface area contributed by atoms with Crippen molar-refractivity contribution in [3.8, 4) is 0 Å². The molecule has 0 aliphatic rings. The Morgan fingerprint density at radius 3 is 2.36 bits per heavy atom. The highest BCUT2D eigenvalue weighted by Gasteiger charge is 2.17. The van der Waals surface area contributed by atoms with E-state index < -0.39 is 5.97 Å². The summed E-state index contributed by atoms with van der Waals surface area (Å²) in [5, 5.41) is 20.5. The molecule has 0 saturated heterocycles. The Morgan fingerprint density at radius 1 is 1.43 bits per heavy atom. The Labute approximate surface area is 81.1 Å². The Morgan fingerprint density at radius 2 is 2.00 bits per heavy atom. The molecule has 1 heterocycles. The zero-order valence-corrected chi connectivity index (χ0v) is 8.25. The van der Waals surface area contributed by atoms with Gasteiger partial charge in [0, 0.05) is 11.3 Å². The van der Waals surface area contributed by atoms with E-state index in [2.05, 4.69) is 10.1 Å². The van der Waals surface area contributed by atoms with Gasteiger partial charge >= 0.3 is 5.97 Å². The molecule has 0 radical (unpaired) electrons. The van der Waals surface area contributed by atoms with Gasteiger partial charge in [0.15, 0.2) is 0 Å². The van der Waals surface area contributed by atoms with Gasteiger partial charge in [-0.3, -0.25) is 0 Å². The van der Waals surface area contributed by atoms with E-state index in [0.29, 0.717) is 22.5 Å². The van der Waals surface area contributed by atoms with Crippen molar-refractivity contribution in [2.75, 3.05) is 0 Å². The summed E-state index contributed by atoms with van der Waals surface area (Å²) in [7, 11) is 0. The number of hydrogen-bond donors (Lipinski definition) is 3. The number of oxime groups is 1. The molecule has 0 aromatic carbocycles. The smallest absolute Gasteiger partial charge is 0.352 e. The summed E-state index contributed by atoms with van der Waals surface area (Å²) in [4.78, 5) is 13.5. The summed E-state index contributed by atoms with van der Waals surface area (Å²) in [5.74, 6) is -1.01. The van der Waals surface area contributed by atoms with Crippen LogP contribution in [0.4, 0.5) is 0 Å². The second-order valence-corrected chi connectivity index (χ2v) is 3.12. The predicted octanol–water partition coefficient (Wildman–Crippen LogP) is 1.53. The maximum atomic E-state index is 10.8. The standard InChI is InChI=1S/C9H12N2O3/c1-4-7(6(3)11-14)5(2)10-8(4)9(12)13/h10,14H,1-3H3,(H,12,13)/b11-6+. The molecule has 0 bridgehead atoms. The number of carboxylic acids is 1. The monoisotopic (exact) mass is 196 g/mol. The van der Waals surface area contributed by atoms with Crippen LogP contribution < -0.4 is 0 Å². The van der Waals surface area contributed by atoms with E-state index in [4.69, 9.17) is 10.3 Å². The van der Waals surface area contributed by atoms with E-state index in [-0.39, 0.29) is 5.69 Å². The quantitative estimate of drug-likeness (QED) is 0.381. The summed E-state index contributed by atoms with van der Waals surface area (Å²) in [6.45, 7) is 5.04. The molecule has 0 amide bonds. The van der Waals surface area contributed by atoms with Gasteiger partial charge in [-0.25, -0.2) is 4.79 Å². The summed E-state index contributed by atoms with van der Waals surface area (Å²) >= 11 is 0. The lowest BCUT2D eigenvalue weighted by Gasteiger charge is -1.98. The van der Waals surface area contributed by atoms with Crippen molar-refractivity contribution in [1.82, 2.24) is 4.98 Å². The van der Waals surface area contributed by atoms with Crippen LogP contribution in [0.2, 0.25) is 0 Å². The summed E-state index contributed by atoms with van der Waals surface area (Å²) in [6, 6.07) is 0. The molecule has 3 N–H and O–H groups in total. The van der Waals surface area contributed by atoms with Gasteiger partial charge < -0.3 is 15.3 Å². The fraction of sp³-hybridized carbons (Fsp3) is 0.333. The third-order valence-electron chi connectivity index (χ3n) is 2.16. The Kier molecular flexibility index (Phi) is 2.60. The number of aromatic carboxylic acids is 1. The van der Waals surface area contributed by atoms with E-state index in [1.165, 1.54) is 0 Å². The van der Waals surface area contributed by atoms with Crippen molar-refractivity contribution in [3.05, 3.63) is 22.5 Å². The molecule has 0 aliphatic carbocycles. The van der Waals surface area contributed by atoms with Gasteiger partial charge in [0.25, 0.3) is 0 Å². The zero-order valence-electron chi connectivity index (χ0n) is 8.25. The molecule has 0 unspecified atom stereocenters. The van der Waals surface area contributed by atoms with Crippen LogP contribution in [0.25, 0.3) is 0 Å². The highest BCUT2D eigenvalue weighted by atomic mass is 16.4. The number of nitrogens with one attached hydrogen (secondary N) is 1. The average molecular weight is 196 g/mol. The number of rotatable bonds is 2. The number of aryl methyl sites for hydroxylation is 1. The number of carboxylic acid groups (broad SMARTS) is 1. The van der Waals surface area contributed by atoms with Crippen LogP contribution in [0.15, 0.2) is 5.16 Å². The van der Waals surface area contributed by atoms with Gasteiger partial charge in [-0.1, -0.05) is 5.16 Å². The molecular weight excluding hydrogens is 184 g/mol. The van der Waals surface area contributed by atoms with Crippen molar-refractivity contribution >= 4 is 11.7 Å². The van der Waals surface area contributed by atoms with Crippen LogP contribution in [0.1, 0.15) is 34.2 Å². The van der Waals surface area contributed by atoms with Crippen molar-refractivity contribution in [1.29, 1.82) is 0 Å². The lowest BCUT2D eigenvalue weighted by molar-refractivity contribution is 0.0690. The van der Waals surface area contributed by atoms with Gasteiger partial charge in [-0.2, -0.15) is 0 Å². The molecule has 0 fully saturated rings. The normalized spacial score (nSPS) is 11.8. The minimum atomic E-state index is -1.01. The zero-order chi connectivity index (χ0) is 10.9. The molecule has 5 nitrogen and oxygen atoms in total. The first kappa shape index (κ1) is 10.3. The summed E-state index contributed by atoms with van der Waals surface area (Å²) in [6.07, 6.45) is 0. The van der Waals surface area contributed by atoms with Crippen molar-refractivity contribution < 1.29 is 15.1 Å². The molecule has 5 heteroatoms. The van der Waals surface area contributed by atoms with Crippen molar-refractivity contribution in [2.24, 2.45) is 5.16 Å². The Hall–Kier alpha value is -1.78. The molecule has 0 spiro atoms. The fourth-order valence-electron chi connectivity index (χ4n) is 1.56. The van der Waals surface area contributed by atoms with Crippen LogP contribution in [0, 0.1) is 13.8 Å². The largest absolute Gasteiger partial charge is 0.477 e. The molecule has 1 rings (SSSR count). The van der Waals surface area contributed by atoms with Crippen molar-refractivity contribution in [2.45, 2.75) is 20.8 Å². The molecular formula is C9H12N2O3. The minimum Gasteiger partial charge on any atom is -0.477 e. The second kappa shape index (κ2) is 3.53. The first-order valence-corrected chi connectivity index (χ1v) is 4.10. The third kappa shape index (κ3) is 1.48. The van der Waals surface area contributed by atoms with E-state index in [0.717, 1.165) is 0 Å². The first-order valence-electron chi connectivity index (χ1n) is 4.10. The van der Waals surface area contributed by atoms with Crippen LogP contribution >= 0.6 is 0 Å². The van der Waals surface area contributed by atoms with Gasteiger partial charge in [0.2, 0.25) is 0 Å². The molecule has 0 aliphatic heterocycles. The van der Waals surface area contributed by atoms with Crippen LogP contribution in [0.5, 0.6) is 0 Å². The van der Waals surface area contributed by atoms with E-state index in [1.54, 1.807) is 20.8 Å². The van der Waals surface area contributed by atoms with Gasteiger partial charge in [0.1, 0.15) is 5.69 Å². The van der Waals surface area contributed by atoms with E-state index >= 15 is 0 Å². The minimum absolute atomic E-state index is 0.139. The molecule has 1 aromatic heterocycles. The topological polar surface area (TPSA) is 85.7 Å². The first-order chi connectivity index (χ1) is 6.49. The SMILES string of the molecule is C/C(=N\O)c1c(C)[nH]c(C(=O)O)c1C. The second-order valence-electron chi connectivity index (χ2n) is 3.12. The number of nitrogens with zero attached hydrogens (tertiary/aromatic N) is 1. The highest BCUT2D eigenvalue weighted by Crippen LogP contribution is 2.18. The lowest BCUT2D eigenvalue weighted by Crippen LogP contribution is -2.01. The van der Waals surface area contributed by atoms with Crippen LogP contribution in [-0.4, -0.2) is 27.0 Å². The molecule has 1 aromatic rings. The summed E-state index contributed by atoms with van der Waals surface area (Å²) < 4.78 is 0. The van der Waals surface area contributed by atoms with E-state index in [9.17, 15) is 4.79 Å². The maximum absolute atomic E-state index is 10.8. The molecule has 14 heavy (non-hydrogen) atoms. The number of hydrogen-bond acceptors (Lipinski definition) is 3. The fourth-order valence-corrected chi connectivity index (χ4v) is 1.56. The Balaban J connectivity index is 3.39. The number of H-pyrrole nitrogens is 1. The highest BCUT2D eigenvalue weighted by molar-refractivity contribution is 6.03. The van der Waals surface area contributed by atoms with Gasteiger partial charge in [-0.05, 0) is 26.3 Å². The van der Waals surface area contributed by atoms with Gasteiger partial charge in [0.05, 0.1) is 5.71 Å². The summed E-state index contributed by atoms with van der Waals surface area (Å²) in [5.41, 5.74) is 2.48.